The molecule has 1 aromatic heterocycles. The summed E-state index contributed by atoms with van der Waals surface area (Å²) in [5.41, 5.74) is 11.2. The van der Waals surface area contributed by atoms with Gasteiger partial charge in [0.25, 0.3) is 5.91 Å². The van der Waals surface area contributed by atoms with Gasteiger partial charge in [0.15, 0.2) is 38.8 Å². The van der Waals surface area contributed by atoms with Crippen LogP contribution in [0.2, 0.25) is 0 Å². The number of nitrogens with zero attached hydrogens (tertiary/aromatic N) is 1. The topological polar surface area (TPSA) is 201 Å². The highest BCUT2D eigenvalue weighted by Crippen LogP contribution is 2.25. The van der Waals surface area contributed by atoms with Crippen LogP contribution in [0.15, 0.2) is 34.9 Å². The standard InChI is InChI=1S/C33H44BrF2N5O7S/c34-31-23(33(45)41-26(12-3-5-16-37)28(42)18-48-30-24(35)10-7-11-25(30)36)15-14-22(39-31)19-49(46,47)20-29(43)27(13-4-6-17-38)40-32(44)21-8-1-2-9-21/h7,10-11,14-15,21,26-27H,1-6,8-9,12-13,16-20,37-38H2,(H,40,44)(H,41,45). The average Bonchev–Trinajstić information content (AvgIpc) is 3.59. The van der Waals surface area contributed by atoms with Crippen molar-refractivity contribution in [1.29, 1.82) is 0 Å². The molecule has 16 heteroatoms. The summed E-state index contributed by atoms with van der Waals surface area (Å²) in [4.78, 5) is 56.2. The number of carbonyl (C=O) groups excluding carboxylic acids is 4. The van der Waals surface area contributed by atoms with Gasteiger partial charge in [-0.05, 0) is 105 Å². The lowest BCUT2D eigenvalue weighted by atomic mass is 10.0. The molecule has 1 saturated carbocycles. The van der Waals surface area contributed by atoms with E-state index in [-0.39, 0.29) is 40.5 Å². The molecule has 2 aromatic rings. The molecule has 0 radical (unpaired) electrons. The average molecular weight is 773 g/mol. The number of nitrogens with two attached hydrogens (primary N) is 2. The fourth-order valence-electron chi connectivity index (χ4n) is 5.51. The van der Waals surface area contributed by atoms with Crippen LogP contribution in [0.1, 0.15) is 80.3 Å². The number of halogens is 3. The highest BCUT2D eigenvalue weighted by Gasteiger charge is 2.30. The second kappa shape index (κ2) is 19.7. The number of Topliss-reactive ketones (excluding diaryl/α,β-unsaturated/α-hetero) is 2. The third-order valence-corrected chi connectivity index (χ3v) is 10.2. The van der Waals surface area contributed by atoms with Gasteiger partial charge in [0.1, 0.15) is 17.0 Å². The van der Waals surface area contributed by atoms with Crippen molar-refractivity contribution in [1.82, 2.24) is 15.6 Å². The van der Waals surface area contributed by atoms with E-state index < -0.39 is 74.9 Å². The molecule has 1 heterocycles. The molecule has 0 spiro atoms. The number of sulfone groups is 1. The predicted octanol–water partition coefficient (Wildman–Crippen LogP) is 3.29. The second-order valence-corrected chi connectivity index (χ2v) is 14.9. The van der Waals surface area contributed by atoms with E-state index in [9.17, 15) is 36.4 Å². The maximum Gasteiger partial charge on any atom is 0.254 e. The van der Waals surface area contributed by atoms with Crippen LogP contribution in [0.5, 0.6) is 5.75 Å². The summed E-state index contributed by atoms with van der Waals surface area (Å²) in [6, 6.07) is 3.73. The van der Waals surface area contributed by atoms with Crippen LogP contribution >= 0.6 is 15.9 Å². The number of aromatic nitrogens is 1. The molecule has 1 aliphatic carbocycles. The highest BCUT2D eigenvalue weighted by atomic mass is 79.9. The molecule has 3 rings (SSSR count). The Balaban J connectivity index is 1.65. The van der Waals surface area contributed by atoms with E-state index in [1.165, 1.54) is 12.1 Å². The van der Waals surface area contributed by atoms with E-state index in [1.807, 2.05) is 0 Å². The van der Waals surface area contributed by atoms with Crippen LogP contribution in [0.25, 0.3) is 0 Å². The molecule has 0 saturated heterocycles. The summed E-state index contributed by atoms with van der Waals surface area (Å²) < 4.78 is 59.2. The van der Waals surface area contributed by atoms with E-state index in [2.05, 4.69) is 31.5 Å². The molecule has 270 valence electrons. The number of ketones is 2. The van der Waals surface area contributed by atoms with Crippen molar-refractivity contribution in [3.05, 3.63) is 57.8 Å². The normalized spacial score (nSPS) is 14.6. The van der Waals surface area contributed by atoms with Crippen LogP contribution in [0, 0.1) is 17.6 Å². The second-order valence-electron chi connectivity index (χ2n) is 12.1. The van der Waals surface area contributed by atoms with Gasteiger partial charge in [-0.3, -0.25) is 19.2 Å². The molecular formula is C33H44BrF2N5O7S. The maximum absolute atomic E-state index is 14.0. The molecule has 1 aliphatic rings. The van der Waals surface area contributed by atoms with Crippen LogP contribution in [0.3, 0.4) is 0 Å². The lowest BCUT2D eigenvalue weighted by Gasteiger charge is -2.20. The summed E-state index contributed by atoms with van der Waals surface area (Å²) in [5, 5.41) is 5.35. The minimum Gasteiger partial charge on any atom is -0.480 e. The predicted molar refractivity (Wildman–Crippen MR) is 182 cm³/mol. The smallest absolute Gasteiger partial charge is 0.254 e. The first-order valence-electron chi connectivity index (χ1n) is 16.3. The number of hydrogen-bond donors (Lipinski definition) is 4. The Bertz CT molecular complexity index is 1550. The molecule has 12 nitrogen and oxygen atoms in total. The summed E-state index contributed by atoms with van der Waals surface area (Å²) in [6.07, 6.45) is 5.98. The molecule has 2 unspecified atom stereocenters. The van der Waals surface area contributed by atoms with E-state index in [0.717, 1.165) is 43.9 Å². The fourth-order valence-corrected chi connectivity index (χ4v) is 7.39. The first-order valence-corrected chi connectivity index (χ1v) is 19.0. The third kappa shape index (κ3) is 12.8. The minimum absolute atomic E-state index is 0.00894. The quantitative estimate of drug-likeness (QED) is 0.108. The fraction of sp³-hybridized carbons (Fsp3) is 0.545. The third-order valence-electron chi connectivity index (χ3n) is 8.18. The lowest BCUT2D eigenvalue weighted by molar-refractivity contribution is -0.129. The van der Waals surface area contributed by atoms with Gasteiger partial charge < -0.3 is 26.8 Å². The van der Waals surface area contributed by atoms with Gasteiger partial charge in [-0.1, -0.05) is 18.9 Å². The number of nitrogens with one attached hydrogen (secondary N) is 2. The van der Waals surface area contributed by atoms with Crippen molar-refractivity contribution in [2.75, 3.05) is 25.4 Å². The first-order chi connectivity index (χ1) is 23.3. The molecule has 49 heavy (non-hydrogen) atoms. The zero-order valence-electron chi connectivity index (χ0n) is 27.2. The zero-order valence-corrected chi connectivity index (χ0v) is 29.6. The van der Waals surface area contributed by atoms with Gasteiger partial charge in [-0.15, -0.1) is 0 Å². The van der Waals surface area contributed by atoms with Gasteiger partial charge in [-0.25, -0.2) is 22.2 Å². The van der Waals surface area contributed by atoms with Crippen molar-refractivity contribution in [3.63, 3.8) is 0 Å². The van der Waals surface area contributed by atoms with E-state index in [1.54, 1.807) is 0 Å². The highest BCUT2D eigenvalue weighted by molar-refractivity contribution is 9.10. The van der Waals surface area contributed by atoms with Crippen LogP contribution < -0.4 is 26.8 Å². The molecule has 0 aliphatic heterocycles. The number of rotatable bonds is 21. The molecule has 2 amide bonds. The van der Waals surface area contributed by atoms with Gasteiger partial charge in [0.05, 0.1) is 29.1 Å². The molecule has 2 atom stereocenters. The number of pyridine rings is 1. The number of carbonyl (C=O) groups is 4. The summed E-state index contributed by atoms with van der Waals surface area (Å²) in [5.74, 6) is -6.48. The van der Waals surface area contributed by atoms with Gasteiger partial charge in [0, 0.05) is 5.92 Å². The Labute approximate surface area is 293 Å². The largest absolute Gasteiger partial charge is 0.480 e. The Morgan fingerprint density at radius 3 is 2.06 bits per heavy atom. The Hall–Kier alpha value is -3.34. The first kappa shape index (κ1) is 40.1. The lowest BCUT2D eigenvalue weighted by Crippen LogP contribution is -2.45. The SMILES string of the molecule is NCCCCC(NC(=O)c1ccc(CS(=O)(=O)CC(=O)C(CCCCN)NC(=O)C2CCCC2)nc1Br)C(=O)COc1c(F)cccc1F. The van der Waals surface area contributed by atoms with Crippen LogP contribution in [-0.2, 0) is 30.0 Å². The number of para-hydroxylation sites is 1. The van der Waals surface area contributed by atoms with Gasteiger partial charge >= 0.3 is 0 Å². The van der Waals surface area contributed by atoms with Crippen LogP contribution in [0.4, 0.5) is 8.78 Å². The van der Waals surface area contributed by atoms with Crippen molar-refractivity contribution in [2.24, 2.45) is 17.4 Å². The van der Waals surface area contributed by atoms with E-state index >= 15 is 0 Å². The van der Waals surface area contributed by atoms with E-state index in [4.69, 9.17) is 16.2 Å². The van der Waals surface area contributed by atoms with Crippen molar-refractivity contribution >= 4 is 49.1 Å². The number of hydrogen-bond acceptors (Lipinski definition) is 10. The molecular weight excluding hydrogens is 728 g/mol. The Morgan fingerprint density at radius 1 is 0.898 bits per heavy atom. The zero-order chi connectivity index (χ0) is 36.0. The van der Waals surface area contributed by atoms with Gasteiger partial charge in [0.2, 0.25) is 5.91 Å². The number of benzene rings is 1. The number of unbranched alkanes of at least 4 members (excludes halogenated alkanes) is 2. The van der Waals surface area contributed by atoms with Crippen LogP contribution in [-0.4, -0.2) is 74.3 Å². The Kier molecular flexibility index (Phi) is 16.2. The monoisotopic (exact) mass is 771 g/mol. The van der Waals surface area contributed by atoms with Crippen molar-refractivity contribution < 1.29 is 41.1 Å². The molecule has 1 aromatic carbocycles. The molecule has 6 N–H and O–H groups in total. The van der Waals surface area contributed by atoms with Crippen molar-refractivity contribution in [2.45, 2.75) is 82.0 Å². The summed E-state index contributed by atoms with van der Waals surface area (Å²) in [6.45, 7) is 0.0422. The summed E-state index contributed by atoms with van der Waals surface area (Å²) in [7, 11) is -4.02. The molecule has 0 bridgehead atoms. The van der Waals surface area contributed by atoms with Gasteiger partial charge in [-0.2, -0.15) is 0 Å². The van der Waals surface area contributed by atoms with E-state index in [0.29, 0.717) is 38.8 Å². The maximum atomic E-state index is 14.0. The number of amides is 2. The number of ether oxygens (including phenoxy) is 1. The minimum atomic E-state index is -4.02. The summed E-state index contributed by atoms with van der Waals surface area (Å²) >= 11 is 3.19. The Morgan fingerprint density at radius 2 is 1.49 bits per heavy atom. The molecule has 1 fully saturated rings. The van der Waals surface area contributed by atoms with Crippen molar-refractivity contribution in [3.8, 4) is 5.75 Å².